The van der Waals surface area contributed by atoms with Crippen LogP contribution in [0.25, 0.3) is 0 Å². The van der Waals surface area contributed by atoms with Crippen molar-refractivity contribution in [3.63, 3.8) is 0 Å². The van der Waals surface area contributed by atoms with Crippen LogP contribution in [0, 0.1) is 6.92 Å². The lowest BCUT2D eigenvalue weighted by Gasteiger charge is -2.33. The number of ether oxygens (including phenoxy) is 1. The Bertz CT molecular complexity index is 506. The van der Waals surface area contributed by atoms with Gasteiger partial charge in [-0.05, 0) is 31.9 Å². The Morgan fingerprint density at radius 3 is 2.70 bits per heavy atom. The van der Waals surface area contributed by atoms with E-state index in [1.807, 2.05) is 16.7 Å². The summed E-state index contributed by atoms with van der Waals surface area (Å²) in [6.07, 6.45) is 2.73. The number of morpholine rings is 1. The summed E-state index contributed by atoms with van der Waals surface area (Å²) in [6.45, 7) is 6.15. The van der Waals surface area contributed by atoms with Crippen molar-refractivity contribution in [3.8, 4) is 0 Å². The van der Waals surface area contributed by atoms with Gasteiger partial charge in [-0.25, -0.2) is 0 Å². The first-order chi connectivity index (χ1) is 11.2. The molecule has 0 bridgehead atoms. The second-order valence-corrected chi connectivity index (χ2v) is 7.81. The minimum absolute atomic E-state index is 0.191. The van der Waals surface area contributed by atoms with Gasteiger partial charge >= 0.3 is 0 Å². The fourth-order valence-corrected chi connectivity index (χ4v) is 4.25. The van der Waals surface area contributed by atoms with E-state index in [0.29, 0.717) is 18.3 Å². The molecule has 0 aromatic heterocycles. The van der Waals surface area contributed by atoms with Crippen LogP contribution in [0.3, 0.4) is 0 Å². The Morgan fingerprint density at radius 2 is 2.04 bits per heavy atom. The average molecular weight is 334 g/mol. The van der Waals surface area contributed by atoms with Crippen LogP contribution in [0.1, 0.15) is 24.8 Å². The molecule has 23 heavy (non-hydrogen) atoms. The van der Waals surface area contributed by atoms with Crippen LogP contribution >= 0.6 is 11.8 Å². The number of benzene rings is 1. The molecule has 2 aliphatic heterocycles. The molecule has 2 aliphatic rings. The third kappa shape index (κ3) is 4.96. The molecule has 0 spiro atoms. The minimum atomic E-state index is 0.191. The molecule has 1 amide bonds. The lowest BCUT2D eigenvalue weighted by atomic mass is 10.1. The molecule has 1 aromatic rings. The first kappa shape index (κ1) is 16.8. The van der Waals surface area contributed by atoms with E-state index in [9.17, 15) is 4.79 Å². The molecular weight excluding hydrogens is 308 g/mol. The molecule has 4 nitrogen and oxygen atoms in total. The number of nitrogens with one attached hydrogen (secondary N) is 1. The van der Waals surface area contributed by atoms with Crippen molar-refractivity contribution < 1.29 is 9.53 Å². The smallest absolute Gasteiger partial charge is 0.224 e. The highest BCUT2D eigenvalue weighted by Gasteiger charge is 2.25. The predicted molar refractivity (Wildman–Crippen MR) is 93.9 cm³/mol. The van der Waals surface area contributed by atoms with Crippen LogP contribution in [0.15, 0.2) is 29.2 Å². The van der Waals surface area contributed by atoms with Gasteiger partial charge in [-0.3, -0.25) is 4.79 Å². The zero-order chi connectivity index (χ0) is 16.1. The molecule has 1 atom stereocenters. The lowest BCUT2D eigenvalue weighted by Crippen LogP contribution is -2.46. The number of nitrogens with zero attached hydrogens (tertiary/aromatic N) is 1. The summed E-state index contributed by atoms with van der Waals surface area (Å²) in [7, 11) is 0. The summed E-state index contributed by atoms with van der Waals surface area (Å²) in [5.74, 6) is 0.270. The van der Waals surface area contributed by atoms with Crippen molar-refractivity contribution in [1.82, 2.24) is 10.2 Å². The number of carbonyl (C=O) groups excluding carboxylic acids is 1. The number of carbonyl (C=O) groups is 1. The van der Waals surface area contributed by atoms with E-state index >= 15 is 0 Å². The van der Waals surface area contributed by atoms with Crippen molar-refractivity contribution in [2.45, 2.75) is 42.4 Å². The highest BCUT2D eigenvalue weighted by atomic mass is 32.2. The first-order valence-electron chi connectivity index (χ1n) is 8.53. The highest BCUT2D eigenvalue weighted by molar-refractivity contribution is 8.00. The summed E-state index contributed by atoms with van der Waals surface area (Å²) >= 11 is 1.95. The van der Waals surface area contributed by atoms with Gasteiger partial charge in [-0.2, -0.15) is 0 Å². The van der Waals surface area contributed by atoms with Gasteiger partial charge < -0.3 is 15.0 Å². The van der Waals surface area contributed by atoms with Crippen molar-refractivity contribution in [1.29, 1.82) is 0 Å². The number of hydrogen-bond donors (Lipinski definition) is 1. The van der Waals surface area contributed by atoms with E-state index in [1.54, 1.807) is 0 Å². The van der Waals surface area contributed by atoms with Crippen LogP contribution in [-0.2, 0) is 9.53 Å². The Hall–Kier alpha value is -1.04. The molecule has 0 saturated carbocycles. The van der Waals surface area contributed by atoms with Gasteiger partial charge in [-0.1, -0.05) is 17.7 Å². The minimum Gasteiger partial charge on any atom is -0.378 e. The molecular formula is C18H26N2O2S. The number of piperidine rings is 1. The summed E-state index contributed by atoms with van der Waals surface area (Å²) in [5, 5.41) is 3.98. The van der Waals surface area contributed by atoms with Crippen LogP contribution < -0.4 is 5.32 Å². The lowest BCUT2D eigenvalue weighted by molar-refractivity contribution is -0.133. The van der Waals surface area contributed by atoms with Gasteiger partial charge in [0.25, 0.3) is 0 Å². The Labute approximate surface area is 143 Å². The standard InChI is InChI=1S/C18H26N2O2S/c1-14-2-4-16(5-3-14)23-17-6-9-20(10-7-17)18(21)12-15-13-22-11-8-19-15/h2-5,15,17,19H,6-13H2,1H3/t15-/m0/s1. The molecule has 0 unspecified atom stereocenters. The third-order valence-electron chi connectivity index (χ3n) is 4.54. The van der Waals surface area contributed by atoms with E-state index in [4.69, 9.17) is 4.74 Å². The second-order valence-electron chi connectivity index (χ2n) is 6.44. The van der Waals surface area contributed by atoms with Crippen LogP contribution in [0.2, 0.25) is 0 Å². The van der Waals surface area contributed by atoms with E-state index in [1.165, 1.54) is 10.5 Å². The number of thioether (sulfide) groups is 1. The molecule has 1 N–H and O–H groups in total. The van der Waals surface area contributed by atoms with Crippen molar-refractivity contribution in [2.75, 3.05) is 32.8 Å². The maximum Gasteiger partial charge on any atom is 0.224 e. The molecule has 5 heteroatoms. The van der Waals surface area contributed by atoms with Gasteiger partial charge in [0.1, 0.15) is 0 Å². The fraction of sp³-hybridized carbons (Fsp3) is 0.611. The number of hydrogen-bond acceptors (Lipinski definition) is 4. The summed E-state index contributed by atoms with van der Waals surface area (Å²) in [6, 6.07) is 8.93. The number of aryl methyl sites for hydroxylation is 1. The largest absolute Gasteiger partial charge is 0.378 e. The van der Waals surface area contributed by atoms with Crippen molar-refractivity contribution >= 4 is 17.7 Å². The van der Waals surface area contributed by atoms with E-state index < -0.39 is 0 Å². The first-order valence-corrected chi connectivity index (χ1v) is 9.41. The number of likely N-dealkylation sites (tertiary alicyclic amines) is 1. The molecule has 126 valence electrons. The zero-order valence-corrected chi connectivity index (χ0v) is 14.6. The second kappa shape index (κ2) is 8.18. The Morgan fingerprint density at radius 1 is 1.30 bits per heavy atom. The van der Waals surface area contributed by atoms with E-state index in [-0.39, 0.29) is 11.9 Å². The van der Waals surface area contributed by atoms with Crippen LogP contribution in [0.4, 0.5) is 0 Å². The number of rotatable bonds is 4. The van der Waals surface area contributed by atoms with Crippen molar-refractivity contribution in [3.05, 3.63) is 29.8 Å². The van der Waals surface area contributed by atoms with Gasteiger partial charge in [0.2, 0.25) is 5.91 Å². The molecule has 1 aromatic carbocycles. The molecule has 2 heterocycles. The summed E-state index contributed by atoms with van der Waals surface area (Å²) in [4.78, 5) is 15.8. The number of amides is 1. The fourth-order valence-electron chi connectivity index (χ4n) is 3.12. The molecule has 0 radical (unpaired) electrons. The van der Waals surface area contributed by atoms with Gasteiger partial charge in [0.05, 0.1) is 13.2 Å². The Balaban J connectivity index is 1.42. The maximum atomic E-state index is 12.4. The van der Waals surface area contributed by atoms with Crippen LogP contribution in [0.5, 0.6) is 0 Å². The quantitative estimate of drug-likeness (QED) is 0.918. The summed E-state index contributed by atoms with van der Waals surface area (Å²) in [5.41, 5.74) is 1.30. The molecule has 2 fully saturated rings. The monoisotopic (exact) mass is 334 g/mol. The van der Waals surface area contributed by atoms with Crippen molar-refractivity contribution in [2.24, 2.45) is 0 Å². The van der Waals surface area contributed by atoms with E-state index in [2.05, 4.69) is 36.5 Å². The zero-order valence-electron chi connectivity index (χ0n) is 13.8. The predicted octanol–water partition coefficient (Wildman–Crippen LogP) is 2.46. The van der Waals surface area contributed by atoms with Gasteiger partial charge in [-0.15, -0.1) is 11.8 Å². The molecule has 2 saturated heterocycles. The average Bonchev–Trinajstić information content (AvgIpc) is 2.58. The molecule has 0 aliphatic carbocycles. The Kier molecular flexibility index (Phi) is 5.97. The van der Waals surface area contributed by atoms with Gasteiger partial charge in [0.15, 0.2) is 0 Å². The third-order valence-corrected chi connectivity index (χ3v) is 5.89. The molecule has 3 rings (SSSR count). The SMILES string of the molecule is Cc1ccc(SC2CCN(C(=O)C[C@H]3COCCN3)CC2)cc1. The van der Waals surface area contributed by atoms with Crippen LogP contribution in [-0.4, -0.2) is 54.9 Å². The van der Waals surface area contributed by atoms with E-state index in [0.717, 1.165) is 39.1 Å². The maximum absolute atomic E-state index is 12.4. The topological polar surface area (TPSA) is 41.6 Å². The highest BCUT2D eigenvalue weighted by Crippen LogP contribution is 2.30. The normalized spacial score (nSPS) is 23.0. The summed E-state index contributed by atoms with van der Waals surface area (Å²) < 4.78 is 5.43. The van der Waals surface area contributed by atoms with Gasteiger partial charge in [0, 0.05) is 42.2 Å².